The number of aryl methyl sites for hydroxylation is 3. The van der Waals surface area contributed by atoms with Gasteiger partial charge in [-0.25, -0.2) is 0 Å². The summed E-state index contributed by atoms with van der Waals surface area (Å²) in [6.07, 6.45) is 1.01. The fourth-order valence-electron chi connectivity index (χ4n) is 2.33. The number of carbonyl (C=O) groups is 1. The van der Waals surface area contributed by atoms with Crippen molar-refractivity contribution < 1.29 is 4.79 Å². The highest BCUT2D eigenvalue weighted by Gasteiger charge is 2.19. The summed E-state index contributed by atoms with van der Waals surface area (Å²) in [5.74, 6) is -0.206. The van der Waals surface area contributed by atoms with Crippen LogP contribution in [0.1, 0.15) is 47.2 Å². The van der Waals surface area contributed by atoms with Gasteiger partial charge in [0.15, 0.2) is 0 Å². The number of hydrogen-bond acceptors (Lipinski definition) is 3. The van der Waals surface area contributed by atoms with Crippen molar-refractivity contribution >= 4 is 11.6 Å². The van der Waals surface area contributed by atoms with Crippen molar-refractivity contribution in [2.24, 2.45) is 7.05 Å². The summed E-state index contributed by atoms with van der Waals surface area (Å²) in [5, 5.41) is 7.13. The number of amides is 1. The molecule has 1 heterocycles. The number of hydrogen-bond donors (Lipinski definition) is 2. The topological polar surface area (TPSA) is 72.9 Å². The first-order valence-corrected chi connectivity index (χ1v) is 7.12. The molecule has 0 spiro atoms. The van der Waals surface area contributed by atoms with Crippen LogP contribution in [0.15, 0.2) is 24.3 Å². The van der Waals surface area contributed by atoms with Gasteiger partial charge in [-0.2, -0.15) is 5.10 Å². The number of aromatic nitrogens is 2. The summed E-state index contributed by atoms with van der Waals surface area (Å²) >= 11 is 0. The number of nitrogens with two attached hydrogens (primary N) is 1. The van der Waals surface area contributed by atoms with Crippen molar-refractivity contribution in [2.45, 2.75) is 33.2 Å². The molecule has 1 atom stereocenters. The first-order valence-electron chi connectivity index (χ1n) is 7.12. The van der Waals surface area contributed by atoms with Gasteiger partial charge in [-0.3, -0.25) is 9.48 Å². The van der Waals surface area contributed by atoms with Crippen LogP contribution in [0.2, 0.25) is 0 Å². The molecular weight excluding hydrogens is 264 g/mol. The molecule has 0 aliphatic carbocycles. The Morgan fingerprint density at radius 1 is 1.38 bits per heavy atom. The highest BCUT2D eigenvalue weighted by Crippen LogP contribution is 2.18. The third-order valence-electron chi connectivity index (χ3n) is 3.72. The standard InChI is InChI=1S/C16H22N4O/c1-5-12-6-8-13(9-7-12)10(2)18-16(21)15-14(17)11(3)19-20(15)4/h6-10H,5,17H2,1-4H3,(H,18,21). The van der Waals surface area contributed by atoms with Crippen LogP contribution < -0.4 is 11.1 Å². The van der Waals surface area contributed by atoms with E-state index < -0.39 is 0 Å². The average molecular weight is 286 g/mol. The van der Waals surface area contributed by atoms with E-state index in [1.807, 2.05) is 19.1 Å². The summed E-state index contributed by atoms with van der Waals surface area (Å²) in [4.78, 5) is 12.4. The van der Waals surface area contributed by atoms with Gasteiger partial charge in [-0.15, -0.1) is 0 Å². The van der Waals surface area contributed by atoms with E-state index in [1.165, 1.54) is 10.2 Å². The second-order valence-corrected chi connectivity index (χ2v) is 5.26. The Bertz CT molecular complexity index is 643. The highest BCUT2D eigenvalue weighted by atomic mass is 16.2. The predicted molar refractivity (Wildman–Crippen MR) is 84.1 cm³/mol. The normalized spacial score (nSPS) is 12.2. The molecule has 0 saturated carbocycles. The number of benzene rings is 1. The highest BCUT2D eigenvalue weighted by molar-refractivity contribution is 5.98. The minimum Gasteiger partial charge on any atom is -0.395 e. The molecular formula is C16H22N4O. The van der Waals surface area contributed by atoms with Gasteiger partial charge in [0, 0.05) is 7.05 Å². The second-order valence-electron chi connectivity index (χ2n) is 5.26. The Hall–Kier alpha value is -2.30. The van der Waals surface area contributed by atoms with Crippen LogP contribution in [0.25, 0.3) is 0 Å². The van der Waals surface area contributed by atoms with Crippen molar-refractivity contribution in [3.8, 4) is 0 Å². The van der Waals surface area contributed by atoms with Crippen molar-refractivity contribution in [1.29, 1.82) is 0 Å². The third-order valence-corrected chi connectivity index (χ3v) is 3.72. The molecule has 0 saturated heterocycles. The second kappa shape index (κ2) is 5.99. The van der Waals surface area contributed by atoms with Crippen molar-refractivity contribution in [3.63, 3.8) is 0 Å². The van der Waals surface area contributed by atoms with Gasteiger partial charge in [0.2, 0.25) is 0 Å². The van der Waals surface area contributed by atoms with Crippen molar-refractivity contribution in [3.05, 3.63) is 46.8 Å². The molecule has 0 aliphatic heterocycles. The number of nitrogens with zero attached hydrogens (tertiary/aromatic N) is 2. The van der Waals surface area contributed by atoms with Crippen LogP contribution in [0.4, 0.5) is 5.69 Å². The van der Waals surface area contributed by atoms with Crippen LogP contribution in [0, 0.1) is 6.92 Å². The van der Waals surface area contributed by atoms with Crippen LogP contribution in [-0.2, 0) is 13.5 Å². The summed E-state index contributed by atoms with van der Waals surface area (Å²) in [7, 11) is 1.72. The summed E-state index contributed by atoms with van der Waals surface area (Å²) in [5.41, 5.74) is 9.77. The van der Waals surface area contributed by atoms with Gasteiger partial charge in [0.25, 0.3) is 5.91 Å². The molecule has 21 heavy (non-hydrogen) atoms. The molecule has 5 heteroatoms. The first-order chi connectivity index (χ1) is 9.93. The van der Waals surface area contributed by atoms with Crippen molar-refractivity contribution in [1.82, 2.24) is 15.1 Å². The molecule has 0 radical (unpaired) electrons. The van der Waals surface area contributed by atoms with Gasteiger partial charge in [-0.1, -0.05) is 31.2 Å². The van der Waals surface area contributed by atoms with Crippen LogP contribution in [-0.4, -0.2) is 15.7 Å². The largest absolute Gasteiger partial charge is 0.395 e. The summed E-state index contributed by atoms with van der Waals surface area (Å²) in [6, 6.07) is 8.17. The Labute approximate surface area is 125 Å². The molecule has 112 valence electrons. The van der Waals surface area contributed by atoms with E-state index in [4.69, 9.17) is 5.73 Å². The quantitative estimate of drug-likeness (QED) is 0.906. The van der Waals surface area contributed by atoms with Crippen LogP contribution >= 0.6 is 0 Å². The van der Waals surface area contributed by atoms with Crippen LogP contribution in [0.5, 0.6) is 0 Å². The van der Waals surface area contributed by atoms with E-state index in [-0.39, 0.29) is 11.9 Å². The Balaban J connectivity index is 2.14. The minimum absolute atomic E-state index is 0.0852. The molecule has 1 unspecified atom stereocenters. The lowest BCUT2D eigenvalue weighted by atomic mass is 10.0. The molecule has 1 aromatic carbocycles. The number of carbonyl (C=O) groups excluding carboxylic acids is 1. The minimum atomic E-state index is -0.206. The number of nitrogen functional groups attached to an aromatic ring is 1. The average Bonchev–Trinajstić information content (AvgIpc) is 2.72. The van der Waals surface area contributed by atoms with Gasteiger partial charge in [0.05, 0.1) is 17.4 Å². The monoisotopic (exact) mass is 286 g/mol. The zero-order chi connectivity index (χ0) is 15.6. The Morgan fingerprint density at radius 2 is 2.00 bits per heavy atom. The molecule has 3 N–H and O–H groups in total. The summed E-state index contributed by atoms with van der Waals surface area (Å²) < 4.78 is 1.52. The Kier molecular flexibility index (Phi) is 4.31. The SMILES string of the molecule is CCc1ccc(C(C)NC(=O)c2c(N)c(C)nn2C)cc1. The predicted octanol–water partition coefficient (Wildman–Crippen LogP) is 2.36. The van der Waals surface area contributed by atoms with E-state index in [1.54, 1.807) is 14.0 Å². The van der Waals surface area contributed by atoms with Gasteiger partial charge < -0.3 is 11.1 Å². The molecule has 2 rings (SSSR count). The number of nitrogens with one attached hydrogen (secondary N) is 1. The van der Waals surface area contributed by atoms with E-state index in [2.05, 4.69) is 29.5 Å². The molecule has 0 bridgehead atoms. The lowest BCUT2D eigenvalue weighted by molar-refractivity contribution is 0.0931. The van der Waals surface area contributed by atoms with Gasteiger partial charge in [0.1, 0.15) is 5.69 Å². The van der Waals surface area contributed by atoms with Gasteiger partial charge >= 0.3 is 0 Å². The van der Waals surface area contributed by atoms with Crippen molar-refractivity contribution in [2.75, 3.05) is 5.73 Å². The maximum atomic E-state index is 12.4. The molecule has 2 aromatic rings. The van der Waals surface area contributed by atoms with E-state index in [0.717, 1.165) is 12.0 Å². The van der Waals surface area contributed by atoms with Gasteiger partial charge in [-0.05, 0) is 31.4 Å². The fraction of sp³-hybridized carbons (Fsp3) is 0.375. The zero-order valence-corrected chi connectivity index (χ0v) is 13.0. The molecule has 0 fully saturated rings. The smallest absolute Gasteiger partial charge is 0.272 e. The molecule has 1 aromatic heterocycles. The Morgan fingerprint density at radius 3 is 2.48 bits per heavy atom. The molecule has 5 nitrogen and oxygen atoms in total. The maximum absolute atomic E-state index is 12.4. The van der Waals surface area contributed by atoms with E-state index in [0.29, 0.717) is 17.1 Å². The zero-order valence-electron chi connectivity index (χ0n) is 13.0. The summed E-state index contributed by atoms with van der Waals surface area (Å²) in [6.45, 7) is 5.87. The first kappa shape index (κ1) is 15.1. The van der Waals surface area contributed by atoms with E-state index >= 15 is 0 Å². The lowest BCUT2D eigenvalue weighted by Gasteiger charge is -2.15. The molecule has 0 aliphatic rings. The number of anilines is 1. The van der Waals surface area contributed by atoms with E-state index in [9.17, 15) is 4.79 Å². The number of rotatable bonds is 4. The third kappa shape index (κ3) is 3.07. The van der Waals surface area contributed by atoms with Crippen LogP contribution in [0.3, 0.4) is 0 Å². The lowest BCUT2D eigenvalue weighted by Crippen LogP contribution is -2.29. The molecule has 1 amide bonds. The maximum Gasteiger partial charge on any atom is 0.272 e. The fourth-order valence-corrected chi connectivity index (χ4v) is 2.33.